The number of carbonyl (C=O) groups is 2. The lowest BCUT2D eigenvalue weighted by molar-refractivity contribution is -0.137. The van der Waals surface area contributed by atoms with Gasteiger partial charge in [-0.1, -0.05) is 0 Å². The molecule has 4 rings (SSSR count). The smallest absolute Gasteiger partial charge is 0.324 e. The van der Waals surface area contributed by atoms with Crippen LogP contribution in [0.2, 0.25) is 0 Å². The highest BCUT2D eigenvalue weighted by Gasteiger charge is 2.47. The lowest BCUT2D eigenvalue weighted by Crippen LogP contribution is -2.42. The minimum Gasteiger partial charge on any atom is -0.387 e. The van der Waals surface area contributed by atoms with E-state index in [1.165, 1.54) is 35.2 Å². The van der Waals surface area contributed by atoms with Gasteiger partial charge < -0.3 is 25.6 Å². The number of hydrogen-bond donors (Lipinski definition) is 6. The molecule has 39 heavy (non-hydrogen) atoms. The molecule has 1 aliphatic rings. The predicted octanol–water partition coefficient (Wildman–Crippen LogP) is 0.302. The van der Waals surface area contributed by atoms with Crippen LogP contribution in [0.4, 0.5) is 16.3 Å². The fourth-order valence-electron chi connectivity index (χ4n) is 3.96. The highest BCUT2D eigenvalue weighted by Crippen LogP contribution is 2.32. The first-order chi connectivity index (χ1) is 18.3. The highest BCUT2D eigenvalue weighted by molar-refractivity contribution is 7.89. The fourth-order valence-corrected chi connectivity index (χ4v) is 5.38. The van der Waals surface area contributed by atoms with Crippen molar-refractivity contribution in [3.8, 4) is 0 Å². The van der Waals surface area contributed by atoms with E-state index >= 15 is 0 Å². The van der Waals surface area contributed by atoms with Crippen molar-refractivity contribution in [1.29, 1.82) is 0 Å². The standard InChI is InChI=1S/C23H30N8O7S/c1-5-24-20(34)17-15(32)16(33)21(38-17)31-11-27-14-18(25-10-26-19(14)31)29-22(35)28-12-6-8-13(9-7-12)39(36,37)30-23(2,3)4/h6-11,15-17,21,30,32-33H,5H2,1-4H3,(H,24,34)(H2,25,26,28,29,35)/t15-,16+,17-,21?/m0/s1. The predicted molar refractivity (Wildman–Crippen MR) is 139 cm³/mol. The number of urea groups is 1. The second kappa shape index (κ2) is 10.8. The number of aliphatic hydroxyl groups excluding tert-OH is 2. The van der Waals surface area contributed by atoms with Crippen LogP contribution in [0.5, 0.6) is 0 Å². The zero-order valence-corrected chi connectivity index (χ0v) is 22.4. The molecule has 3 amide bonds. The van der Waals surface area contributed by atoms with Crippen molar-refractivity contribution < 1.29 is 33.0 Å². The van der Waals surface area contributed by atoms with Crippen LogP contribution in [-0.4, -0.2) is 80.5 Å². The molecule has 4 atom stereocenters. The zero-order valence-electron chi connectivity index (χ0n) is 21.6. The van der Waals surface area contributed by atoms with Crippen molar-refractivity contribution in [3.05, 3.63) is 36.9 Å². The summed E-state index contributed by atoms with van der Waals surface area (Å²) in [7, 11) is -3.73. The number of hydrogen-bond acceptors (Lipinski definition) is 10. The van der Waals surface area contributed by atoms with Crippen LogP contribution in [0.1, 0.15) is 33.9 Å². The molecule has 210 valence electrons. The zero-order chi connectivity index (χ0) is 28.5. The number of benzene rings is 1. The first kappa shape index (κ1) is 28.3. The molecule has 15 nitrogen and oxygen atoms in total. The summed E-state index contributed by atoms with van der Waals surface area (Å²) in [5, 5.41) is 28.5. The monoisotopic (exact) mass is 562 g/mol. The van der Waals surface area contributed by atoms with Gasteiger partial charge in [0.2, 0.25) is 10.0 Å². The molecule has 0 radical (unpaired) electrons. The molecule has 3 heterocycles. The maximum absolute atomic E-state index is 12.6. The summed E-state index contributed by atoms with van der Waals surface area (Å²) in [4.78, 5) is 37.3. The normalized spacial score (nSPS) is 21.6. The van der Waals surface area contributed by atoms with Crippen molar-refractivity contribution in [2.75, 3.05) is 17.2 Å². The van der Waals surface area contributed by atoms with Gasteiger partial charge in [-0.25, -0.2) is 32.9 Å². The SMILES string of the molecule is CCNC(=O)[C@H]1OC(n2cnc3c(NC(=O)Nc4ccc(S(=O)(=O)NC(C)(C)C)cc4)ncnc32)[C@H](O)[C@@H]1O. The summed E-state index contributed by atoms with van der Waals surface area (Å²) in [6, 6.07) is 4.93. The fraction of sp³-hybridized carbons (Fsp3) is 0.435. The Bertz CT molecular complexity index is 1470. The Labute approximate surface area is 224 Å². The number of aromatic nitrogens is 4. The van der Waals surface area contributed by atoms with E-state index in [1.807, 2.05) is 0 Å². The van der Waals surface area contributed by atoms with E-state index in [0.717, 1.165) is 6.33 Å². The van der Waals surface area contributed by atoms with Gasteiger partial charge in [0.25, 0.3) is 5.91 Å². The lowest BCUT2D eigenvalue weighted by atomic mass is 10.1. The van der Waals surface area contributed by atoms with Gasteiger partial charge in [0.1, 0.15) is 18.5 Å². The summed E-state index contributed by atoms with van der Waals surface area (Å²) in [5.74, 6) is -0.529. The molecular weight excluding hydrogens is 532 g/mol. The number of nitrogens with zero attached hydrogens (tertiary/aromatic N) is 4. The number of nitrogens with one attached hydrogen (secondary N) is 4. The molecule has 16 heteroatoms. The van der Waals surface area contributed by atoms with Crippen LogP contribution in [-0.2, 0) is 19.6 Å². The van der Waals surface area contributed by atoms with Gasteiger partial charge in [0.15, 0.2) is 29.3 Å². The van der Waals surface area contributed by atoms with E-state index in [0.29, 0.717) is 12.2 Å². The van der Waals surface area contributed by atoms with Crippen molar-refractivity contribution in [3.63, 3.8) is 0 Å². The van der Waals surface area contributed by atoms with Gasteiger partial charge in [-0.3, -0.25) is 14.7 Å². The van der Waals surface area contributed by atoms with Crippen molar-refractivity contribution in [2.24, 2.45) is 0 Å². The number of sulfonamides is 1. The molecule has 6 N–H and O–H groups in total. The number of fused-ring (bicyclic) bond motifs is 1. The van der Waals surface area contributed by atoms with Gasteiger partial charge in [-0.15, -0.1) is 0 Å². The topological polar surface area (TPSA) is 210 Å². The Balaban J connectivity index is 1.48. The molecule has 0 spiro atoms. The average Bonchev–Trinajstić information content (AvgIpc) is 3.40. The number of anilines is 2. The number of imidazole rings is 1. The average molecular weight is 563 g/mol. The molecule has 1 unspecified atom stereocenters. The Morgan fingerprint density at radius 3 is 2.38 bits per heavy atom. The quantitative estimate of drug-likeness (QED) is 0.232. The summed E-state index contributed by atoms with van der Waals surface area (Å²) in [6.45, 7) is 7.22. The molecule has 0 saturated carbocycles. The number of amides is 3. The van der Waals surface area contributed by atoms with Crippen LogP contribution in [0.3, 0.4) is 0 Å². The largest absolute Gasteiger partial charge is 0.387 e. The molecule has 0 aliphatic carbocycles. The number of likely N-dealkylation sites (N-methyl/N-ethyl adjacent to an activating group) is 1. The summed E-state index contributed by atoms with van der Waals surface area (Å²) >= 11 is 0. The summed E-state index contributed by atoms with van der Waals surface area (Å²) in [6.07, 6.45) is -2.94. The van der Waals surface area contributed by atoms with Crippen LogP contribution in [0.25, 0.3) is 11.2 Å². The van der Waals surface area contributed by atoms with Crippen LogP contribution in [0.15, 0.2) is 41.8 Å². The molecule has 0 bridgehead atoms. The van der Waals surface area contributed by atoms with Crippen LogP contribution in [0, 0.1) is 0 Å². The maximum atomic E-state index is 12.6. The Morgan fingerprint density at radius 2 is 1.74 bits per heavy atom. The lowest BCUT2D eigenvalue weighted by Gasteiger charge is -2.20. The van der Waals surface area contributed by atoms with E-state index in [1.54, 1.807) is 27.7 Å². The van der Waals surface area contributed by atoms with Gasteiger partial charge >= 0.3 is 6.03 Å². The molecule has 1 saturated heterocycles. The third-order valence-electron chi connectivity index (χ3n) is 5.58. The third-order valence-corrected chi connectivity index (χ3v) is 7.35. The van der Waals surface area contributed by atoms with Crippen molar-refractivity contribution in [1.82, 2.24) is 29.6 Å². The highest BCUT2D eigenvalue weighted by atomic mass is 32.2. The second-order valence-corrected chi connectivity index (χ2v) is 11.5. The van der Waals surface area contributed by atoms with Crippen molar-refractivity contribution in [2.45, 2.75) is 62.7 Å². The number of rotatable bonds is 7. The van der Waals surface area contributed by atoms with Crippen LogP contribution >= 0.6 is 0 Å². The first-order valence-corrected chi connectivity index (χ1v) is 13.5. The van der Waals surface area contributed by atoms with Gasteiger partial charge in [-0.05, 0) is 52.0 Å². The molecule has 1 fully saturated rings. The number of carbonyl (C=O) groups excluding carboxylic acids is 2. The van der Waals surface area contributed by atoms with Gasteiger partial charge in [0.05, 0.1) is 11.2 Å². The Kier molecular flexibility index (Phi) is 7.85. The molecule has 1 aromatic carbocycles. The second-order valence-electron chi connectivity index (χ2n) is 9.83. The van der Waals surface area contributed by atoms with Crippen LogP contribution < -0.4 is 20.7 Å². The molecule has 3 aromatic rings. The summed E-state index contributed by atoms with van der Waals surface area (Å²) < 4.78 is 34.4. The minimum absolute atomic E-state index is 0.0399. The molecule has 1 aliphatic heterocycles. The number of ether oxygens (including phenoxy) is 1. The maximum Gasteiger partial charge on any atom is 0.324 e. The van der Waals surface area contributed by atoms with E-state index in [4.69, 9.17) is 4.74 Å². The Morgan fingerprint density at radius 1 is 1.05 bits per heavy atom. The summed E-state index contributed by atoms with van der Waals surface area (Å²) in [5.41, 5.74) is 0.00702. The van der Waals surface area contributed by atoms with Crippen molar-refractivity contribution >= 4 is 44.6 Å². The van der Waals surface area contributed by atoms with E-state index in [-0.39, 0.29) is 21.9 Å². The molecular formula is C23H30N8O7S. The number of aliphatic hydroxyl groups is 2. The van der Waals surface area contributed by atoms with E-state index in [9.17, 15) is 28.2 Å². The minimum atomic E-state index is -3.73. The third kappa shape index (κ3) is 6.15. The Hall–Kier alpha value is -3.70. The molecule has 2 aromatic heterocycles. The van der Waals surface area contributed by atoms with Gasteiger partial charge in [0, 0.05) is 17.8 Å². The first-order valence-electron chi connectivity index (χ1n) is 12.0. The van der Waals surface area contributed by atoms with E-state index in [2.05, 4.69) is 35.6 Å². The van der Waals surface area contributed by atoms with Gasteiger partial charge in [-0.2, -0.15) is 0 Å². The van der Waals surface area contributed by atoms with E-state index < -0.39 is 52.0 Å².